The van der Waals surface area contributed by atoms with Crippen molar-refractivity contribution < 1.29 is 5.11 Å². The Morgan fingerprint density at radius 3 is 2.31 bits per heavy atom. The molecule has 1 rings (SSSR count). The van der Waals surface area contributed by atoms with Crippen molar-refractivity contribution >= 4 is 11.8 Å². The number of nitrogens with one attached hydrogen (secondary N) is 1. The van der Waals surface area contributed by atoms with Crippen LogP contribution in [0.15, 0.2) is 29.2 Å². The molecule has 2 N–H and O–H groups in total. The minimum atomic E-state index is 0.157. The van der Waals surface area contributed by atoms with E-state index in [1.54, 1.807) is 11.8 Å². The van der Waals surface area contributed by atoms with Gasteiger partial charge < -0.3 is 10.4 Å². The van der Waals surface area contributed by atoms with E-state index in [1.807, 2.05) is 0 Å². The van der Waals surface area contributed by atoms with Gasteiger partial charge >= 0.3 is 0 Å². The summed E-state index contributed by atoms with van der Waals surface area (Å²) < 4.78 is 0. The van der Waals surface area contributed by atoms with Crippen LogP contribution in [0.5, 0.6) is 0 Å². The third kappa shape index (κ3) is 5.54. The highest BCUT2D eigenvalue weighted by Gasteiger charge is 2.07. The zero-order chi connectivity index (χ0) is 12.0. The van der Waals surface area contributed by atoms with E-state index in [-0.39, 0.29) is 12.1 Å². The molecule has 0 fully saturated rings. The summed E-state index contributed by atoms with van der Waals surface area (Å²) >= 11 is 1.68. The smallest absolute Gasteiger partial charge is 0.0525 e. The minimum Gasteiger partial charge on any atom is -0.396 e. The van der Waals surface area contributed by atoms with Gasteiger partial charge in [-0.15, -0.1) is 11.8 Å². The molecule has 2 nitrogen and oxygen atoms in total. The largest absolute Gasteiger partial charge is 0.396 e. The maximum atomic E-state index is 8.73. The predicted octanol–water partition coefficient (Wildman–Crippen LogP) is 2.66. The van der Waals surface area contributed by atoms with E-state index in [1.165, 1.54) is 10.5 Å². The van der Waals surface area contributed by atoms with Gasteiger partial charge in [-0.25, -0.2) is 0 Å². The van der Waals surface area contributed by atoms with Crippen LogP contribution in [-0.4, -0.2) is 23.0 Å². The molecule has 0 aliphatic heterocycles. The van der Waals surface area contributed by atoms with E-state index in [0.29, 0.717) is 0 Å². The van der Waals surface area contributed by atoms with Crippen molar-refractivity contribution in [2.24, 2.45) is 0 Å². The van der Waals surface area contributed by atoms with Crippen LogP contribution < -0.4 is 5.32 Å². The summed E-state index contributed by atoms with van der Waals surface area (Å²) in [6.07, 6.45) is 0. The number of hydrogen-bond donors (Lipinski definition) is 2. The second-order valence-electron chi connectivity index (χ2n) is 4.82. The van der Waals surface area contributed by atoms with Crippen LogP contribution in [0.1, 0.15) is 26.3 Å². The molecule has 0 saturated carbocycles. The molecule has 1 aromatic rings. The third-order valence-electron chi connectivity index (χ3n) is 2.11. The summed E-state index contributed by atoms with van der Waals surface area (Å²) in [6.45, 7) is 7.63. The lowest BCUT2D eigenvalue weighted by atomic mass is 10.1. The van der Waals surface area contributed by atoms with E-state index >= 15 is 0 Å². The number of hydrogen-bond acceptors (Lipinski definition) is 3. The molecule has 0 heterocycles. The topological polar surface area (TPSA) is 32.3 Å². The summed E-state index contributed by atoms with van der Waals surface area (Å²) in [7, 11) is 0. The fraction of sp³-hybridized carbons (Fsp3) is 0.538. The van der Waals surface area contributed by atoms with Gasteiger partial charge in [-0.2, -0.15) is 0 Å². The number of thioether (sulfide) groups is 1. The molecule has 3 heteroatoms. The van der Waals surface area contributed by atoms with E-state index in [0.717, 1.165) is 12.3 Å². The molecule has 0 radical (unpaired) electrons. The molecule has 0 unspecified atom stereocenters. The standard InChI is InChI=1S/C13H21NOS/c1-13(2,3)14-10-11-4-6-12(7-5-11)16-9-8-15/h4-7,14-15H,8-10H2,1-3H3. The molecule has 0 atom stereocenters. The third-order valence-corrected chi connectivity index (χ3v) is 3.10. The quantitative estimate of drug-likeness (QED) is 0.775. The summed E-state index contributed by atoms with van der Waals surface area (Å²) in [4.78, 5) is 1.22. The van der Waals surface area contributed by atoms with E-state index in [4.69, 9.17) is 5.11 Å². The maximum absolute atomic E-state index is 8.73. The average molecular weight is 239 g/mol. The van der Waals surface area contributed by atoms with Gasteiger partial charge in [0.1, 0.15) is 0 Å². The monoisotopic (exact) mass is 239 g/mol. The Morgan fingerprint density at radius 1 is 1.19 bits per heavy atom. The van der Waals surface area contributed by atoms with Crippen LogP contribution in [-0.2, 0) is 6.54 Å². The summed E-state index contributed by atoms with van der Waals surface area (Å²) in [5.74, 6) is 0.763. The van der Waals surface area contributed by atoms with Crippen molar-refractivity contribution in [2.45, 2.75) is 37.8 Å². The molecule has 1 aromatic carbocycles. The highest BCUT2D eigenvalue weighted by atomic mass is 32.2. The van der Waals surface area contributed by atoms with Gasteiger partial charge in [-0.3, -0.25) is 0 Å². The van der Waals surface area contributed by atoms with Crippen molar-refractivity contribution in [3.05, 3.63) is 29.8 Å². The normalized spacial score (nSPS) is 11.8. The SMILES string of the molecule is CC(C)(C)NCc1ccc(SCCO)cc1. The molecular weight excluding hydrogens is 218 g/mol. The first-order chi connectivity index (χ1) is 7.51. The highest BCUT2D eigenvalue weighted by molar-refractivity contribution is 7.99. The number of aliphatic hydroxyl groups is 1. The maximum Gasteiger partial charge on any atom is 0.0525 e. The van der Waals surface area contributed by atoms with Gasteiger partial charge in [0, 0.05) is 22.7 Å². The molecular formula is C13H21NOS. The summed E-state index contributed by atoms with van der Waals surface area (Å²) in [5.41, 5.74) is 1.45. The molecule has 0 saturated heterocycles. The van der Waals surface area contributed by atoms with Crippen molar-refractivity contribution in [2.75, 3.05) is 12.4 Å². The Kier molecular flexibility index (Phi) is 5.32. The van der Waals surface area contributed by atoms with Gasteiger partial charge in [0.15, 0.2) is 0 Å². The Bertz CT molecular complexity index is 303. The van der Waals surface area contributed by atoms with Crippen LogP contribution in [0.4, 0.5) is 0 Å². The molecule has 0 aliphatic rings. The lowest BCUT2D eigenvalue weighted by molar-refractivity contribution is 0.322. The molecule has 0 spiro atoms. The summed E-state index contributed by atoms with van der Waals surface area (Å²) in [5, 5.41) is 12.2. The van der Waals surface area contributed by atoms with Gasteiger partial charge in [0.2, 0.25) is 0 Å². The fourth-order valence-electron chi connectivity index (χ4n) is 1.23. The Morgan fingerprint density at radius 2 is 1.81 bits per heavy atom. The Balaban J connectivity index is 2.45. The van der Waals surface area contributed by atoms with Crippen LogP contribution in [0.25, 0.3) is 0 Å². The summed E-state index contributed by atoms with van der Waals surface area (Å²) in [6, 6.07) is 8.50. The van der Waals surface area contributed by atoms with Crippen LogP contribution in [0.2, 0.25) is 0 Å². The van der Waals surface area contributed by atoms with Gasteiger partial charge in [-0.1, -0.05) is 12.1 Å². The molecule has 0 aliphatic carbocycles. The van der Waals surface area contributed by atoms with Gasteiger partial charge in [-0.05, 0) is 38.5 Å². The number of aliphatic hydroxyl groups excluding tert-OH is 1. The fourth-order valence-corrected chi connectivity index (χ4v) is 1.89. The Labute approximate surface area is 102 Å². The average Bonchev–Trinajstić information content (AvgIpc) is 2.24. The molecule has 16 heavy (non-hydrogen) atoms. The zero-order valence-corrected chi connectivity index (χ0v) is 11.1. The molecule has 0 amide bonds. The molecule has 0 bridgehead atoms. The highest BCUT2D eigenvalue weighted by Crippen LogP contribution is 2.18. The zero-order valence-electron chi connectivity index (χ0n) is 10.3. The number of rotatable bonds is 5. The Hall–Kier alpha value is -0.510. The van der Waals surface area contributed by atoms with Crippen molar-refractivity contribution in [3.8, 4) is 0 Å². The van der Waals surface area contributed by atoms with E-state index < -0.39 is 0 Å². The van der Waals surface area contributed by atoms with E-state index in [9.17, 15) is 0 Å². The second-order valence-corrected chi connectivity index (χ2v) is 5.99. The van der Waals surface area contributed by atoms with Crippen molar-refractivity contribution in [3.63, 3.8) is 0 Å². The van der Waals surface area contributed by atoms with Crippen LogP contribution >= 0.6 is 11.8 Å². The van der Waals surface area contributed by atoms with Crippen LogP contribution in [0.3, 0.4) is 0 Å². The van der Waals surface area contributed by atoms with E-state index in [2.05, 4.69) is 50.4 Å². The van der Waals surface area contributed by atoms with Gasteiger partial charge in [0.05, 0.1) is 6.61 Å². The minimum absolute atomic E-state index is 0.157. The first-order valence-corrected chi connectivity index (χ1v) is 6.57. The second kappa shape index (κ2) is 6.28. The lowest BCUT2D eigenvalue weighted by Crippen LogP contribution is -2.35. The first kappa shape index (κ1) is 13.6. The van der Waals surface area contributed by atoms with Gasteiger partial charge in [0.25, 0.3) is 0 Å². The lowest BCUT2D eigenvalue weighted by Gasteiger charge is -2.20. The van der Waals surface area contributed by atoms with Crippen molar-refractivity contribution in [1.29, 1.82) is 0 Å². The first-order valence-electron chi connectivity index (χ1n) is 5.59. The predicted molar refractivity (Wildman–Crippen MR) is 70.8 cm³/mol. The van der Waals surface area contributed by atoms with Crippen molar-refractivity contribution in [1.82, 2.24) is 5.32 Å². The number of benzene rings is 1. The molecule has 90 valence electrons. The molecule has 0 aromatic heterocycles. The van der Waals surface area contributed by atoms with Crippen LogP contribution in [0, 0.1) is 0 Å².